The zero-order valence-electron chi connectivity index (χ0n) is 24.1. The summed E-state index contributed by atoms with van der Waals surface area (Å²) >= 11 is 1.51. The summed E-state index contributed by atoms with van der Waals surface area (Å²) in [5.41, 5.74) is 8.19. The number of nitrogens with one attached hydrogen (secondary N) is 1. The molecule has 1 spiro atoms. The van der Waals surface area contributed by atoms with Crippen molar-refractivity contribution >= 4 is 28.1 Å². The van der Waals surface area contributed by atoms with Gasteiger partial charge in [-0.2, -0.15) is 15.2 Å². The second-order valence-electron chi connectivity index (χ2n) is 12.7. The highest BCUT2D eigenvalue weighted by Crippen LogP contribution is 2.48. The van der Waals surface area contributed by atoms with E-state index in [1.54, 1.807) is 0 Å². The third kappa shape index (κ3) is 4.45. The summed E-state index contributed by atoms with van der Waals surface area (Å²) in [5, 5.41) is 18.4. The van der Waals surface area contributed by atoms with Crippen molar-refractivity contribution in [3.8, 4) is 17.6 Å². The van der Waals surface area contributed by atoms with Gasteiger partial charge in [-0.1, -0.05) is 5.16 Å². The molecule has 7 rings (SSSR count). The van der Waals surface area contributed by atoms with Crippen molar-refractivity contribution in [2.24, 2.45) is 5.41 Å². The molecule has 11 nitrogen and oxygen atoms in total. The number of likely N-dealkylation sites (N-methyl/N-ethyl adjacent to an activating group) is 1. The number of nitrogens with two attached hydrogens (primary N) is 1. The maximum absolute atomic E-state index is 9.91. The Kier molecular flexibility index (Phi) is 6.44. The predicted molar refractivity (Wildman–Crippen MR) is 159 cm³/mol. The minimum absolute atomic E-state index is 0.278. The van der Waals surface area contributed by atoms with Gasteiger partial charge in [-0.15, -0.1) is 11.3 Å². The number of aromatic nitrogens is 4. The smallest absolute Gasteiger partial charge is 0.237 e. The van der Waals surface area contributed by atoms with Gasteiger partial charge in [0, 0.05) is 67.2 Å². The topological polar surface area (TPSA) is 136 Å². The molecule has 12 heteroatoms. The lowest BCUT2D eigenvalue weighted by Crippen LogP contribution is -2.54. The normalized spacial score (nSPS) is 26.0. The molecule has 1 aliphatic carbocycles. The van der Waals surface area contributed by atoms with E-state index in [2.05, 4.69) is 52.1 Å². The van der Waals surface area contributed by atoms with Gasteiger partial charge < -0.3 is 30.3 Å². The van der Waals surface area contributed by atoms with Crippen molar-refractivity contribution in [3.05, 3.63) is 28.0 Å². The number of nitrogen functional groups attached to an aromatic ring is 1. The van der Waals surface area contributed by atoms with Crippen molar-refractivity contribution in [2.75, 3.05) is 68.4 Å². The number of nitrogens with zero attached hydrogens (tertiary/aromatic N) is 8. The number of hydrogen-bond donors (Lipinski definition) is 2. The molecule has 3 saturated heterocycles. The Morgan fingerprint density at radius 2 is 2.02 bits per heavy atom. The number of thiophene rings is 1. The molecule has 3 aromatic rings. The van der Waals surface area contributed by atoms with Crippen LogP contribution in [0.25, 0.3) is 11.5 Å². The molecule has 0 aromatic carbocycles. The zero-order chi connectivity index (χ0) is 28.4. The summed E-state index contributed by atoms with van der Waals surface area (Å²) in [6.07, 6.45) is 4.92. The molecule has 3 N–H and O–H groups in total. The van der Waals surface area contributed by atoms with Crippen LogP contribution in [-0.2, 0) is 11.8 Å². The van der Waals surface area contributed by atoms with Gasteiger partial charge in [0.05, 0.1) is 11.0 Å². The molecule has 2 atom stereocenters. The second kappa shape index (κ2) is 9.93. The van der Waals surface area contributed by atoms with Crippen molar-refractivity contribution in [2.45, 2.75) is 57.4 Å². The first-order valence-corrected chi connectivity index (χ1v) is 15.6. The standard InChI is InChI=1S/C29H38N10OS/c1-18-14-37(3)9-5-10-39(18)27-33-20(12-22(34-27)38-11-8-29(17-38)15-32-16-29)25-35-26(40-36-25)28(2)7-4-6-21-23(28)19(13-30)24(31)41-21/h12,18,32H,4-11,14-17,31H2,1-3H3/t18-,28-/m0/s1. The van der Waals surface area contributed by atoms with E-state index in [9.17, 15) is 5.26 Å². The number of rotatable bonds is 4. The van der Waals surface area contributed by atoms with E-state index in [-0.39, 0.29) is 6.04 Å². The van der Waals surface area contributed by atoms with Crippen molar-refractivity contribution in [1.82, 2.24) is 30.3 Å². The lowest BCUT2D eigenvalue weighted by molar-refractivity contribution is 0.199. The molecule has 0 unspecified atom stereocenters. The van der Waals surface area contributed by atoms with Crippen LogP contribution >= 0.6 is 11.3 Å². The Hall–Kier alpha value is -3.27. The first kappa shape index (κ1) is 26.6. The van der Waals surface area contributed by atoms with Gasteiger partial charge in [-0.3, -0.25) is 0 Å². The Morgan fingerprint density at radius 1 is 1.17 bits per heavy atom. The van der Waals surface area contributed by atoms with Gasteiger partial charge >= 0.3 is 0 Å². The quantitative estimate of drug-likeness (QED) is 0.476. The fourth-order valence-corrected chi connectivity index (χ4v) is 8.45. The van der Waals surface area contributed by atoms with Crippen LogP contribution in [0.15, 0.2) is 10.6 Å². The molecule has 0 bridgehead atoms. The maximum atomic E-state index is 9.91. The first-order valence-electron chi connectivity index (χ1n) is 14.7. The van der Waals surface area contributed by atoms with Crippen LogP contribution in [-0.4, -0.2) is 83.9 Å². The summed E-state index contributed by atoms with van der Waals surface area (Å²) < 4.78 is 5.98. The minimum Gasteiger partial charge on any atom is -0.389 e. The van der Waals surface area contributed by atoms with Crippen LogP contribution in [0.2, 0.25) is 0 Å². The Balaban J connectivity index is 1.28. The summed E-state index contributed by atoms with van der Waals surface area (Å²) in [4.78, 5) is 23.4. The molecule has 0 saturated carbocycles. The van der Waals surface area contributed by atoms with Gasteiger partial charge in [0.15, 0.2) is 0 Å². The Morgan fingerprint density at radius 3 is 2.78 bits per heavy atom. The summed E-state index contributed by atoms with van der Waals surface area (Å²) in [6, 6.07) is 4.64. The third-order valence-electron chi connectivity index (χ3n) is 9.65. The number of aryl methyl sites for hydroxylation is 1. The van der Waals surface area contributed by atoms with Crippen molar-refractivity contribution < 1.29 is 4.52 Å². The molecule has 6 heterocycles. The molecule has 3 fully saturated rings. The number of hydrogen-bond acceptors (Lipinski definition) is 12. The zero-order valence-corrected chi connectivity index (χ0v) is 24.9. The van der Waals surface area contributed by atoms with Crippen LogP contribution in [0.1, 0.15) is 61.4 Å². The molecule has 3 aromatic heterocycles. The predicted octanol–water partition coefficient (Wildman–Crippen LogP) is 3.01. The average Bonchev–Trinajstić information content (AvgIpc) is 3.66. The van der Waals surface area contributed by atoms with E-state index < -0.39 is 5.41 Å². The highest BCUT2D eigenvalue weighted by Gasteiger charge is 2.45. The fraction of sp³-hybridized carbons (Fsp3) is 0.621. The van der Waals surface area contributed by atoms with Crippen LogP contribution in [0.4, 0.5) is 16.8 Å². The lowest BCUT2D eigenvalue weighted by Gasteiger charge is -2.39. The first-order chi connectivity index (χ1) is 19.8. The number of nitriles is 1. The van der Waals surface area contributed by atoms with Crippen molar-refractivity contribution in [3.63, 3.8) is 0 Å². The summed E-state index contributed by atoms with van der Waals surface area (Å²) in [7, 11) is 2.18. The molecule has 41 heavy (non-hydrogen) atoms. The molecular weight excluding hydrogens is 536 g/mol. The molecule has 216 valence electrons. The second-order valence-corrected chi connectivity index (χ2v) is 13.8. The number of fused-ring (bicyclic) bond motifs is 1. The Labute approximate surface area is 244 Å². The summed E-state index contributed by atoms with van der Waals surface area (Å²) in [5.74, 6) is 2.62. The molecule has 4 aliphatic rings. The largest absolute Gasteiger partial charge is 0.389 e. The van der Waals surface area contributed by atoms with Gasteiger partial charge in [0.2, 0.25) is 17.7 Å². The van der Waals surface area contributed by atoms with Gasteiger partial charge in [0.25, 0.3) is 0 Å². The van der Waals surface area contributed by atoms with E-state index >= 15 is 0 Å². The monoisotopic (exact) mass is 574 g/mol. The SMILES string of the molecule is C[C@H]1CN(C)CCCN1c1nc(-c2noc([C@@]3(C)CCCc4sc(N)c(C#N)c43)n2)cc(N2CCC3(CNC3)C2)n1. The van der Waals surface area contributed by atoms with E-state index in [1.807, 2.05) is 6.07 Å². The highest BCUT2D eigenvalue weighted by atomic mass is 32.1. The van der Waals surface area contributed by atoms with Crippen LogP contribution in [0.5, 0.6) is 0 Å². The van der Waals surface area contributed by atoms with E-state index in [1.165, 1.54) is 11.3 Å². The van der Waals surface area contributed by atoms with E-state index in [4.69, 9.17) is 25.2 Å². The van der Waals surface area contributed by atoms with E-state index in [0.717, 1.165) is 100 Å². The highest BCUT2D eigenvalue weighted by molar-refractivity contribution is 7.16. The maximum Gasteiger partial charge on any atom is 0.237 e. The van der Waals surface area contributed by atoms with Crippen LogP contribution < -0.4 is 20.9 Å². The summed E-state index contributed by atoms with van der Waals surface area (Å²) in [6.45, 7) is 11.4. The Bertz CT molecular complexity index is 1510. The fourth-order valence-electron chi connectivity index (χ4n) is 7.26. The molecule has 0 radical (unpaired) electrons. The van der Waals surface area contributed by atoms with Gasteiger partial charge in [0.1, 0.15) is 22.6 Å². The average molecular weight is 575 g/mol. The lowest BCUT2D eigenvalue weighted by atomic mass is 9.72. The van der Waals surface area contributed by atoms with Crippen LogP contribution in [0, 0.1) is 16.7 Å². The molecule has 0 amide bonds. The van der Waals surface area contributed by atoms with E-state index in [0.29, 0.717) is 33.4 Å². The molecular formula is C29H38N10OS. The minimum atomic E-state index is -0.570. The number of anilines is 3. The molecule has 3 aliphatic heterocycles. The third-order valence-corrected chi connectivity index (χ3v) is 10.7. The van der Waals surface area contributed by atoms with Gasteiger partial charge in [-0.05, 0) is 59.5 Å². The van der Waals surface area contributed by atoms with Gasteiger partial charge in [-0.25, -0.2) is 4.98 Å². The van der Waals surface area contributed by atoms with Crippen molar-refractivity contribution in [1.29, 1.82) is 5.26 Å². The van der Waals surface area contributed by atoms with Crippen LogP contribution in [0.3, 0.4) is 0 Å².